The van der Waals surface area contributed by atoms with Crippen LogP contribution in [-0.4, -0.2) is 36.8 Å². The normalized spacial score (nSPS) is 25.0. The number of hydrogen-bond acceptors (Lipinski definition) is 5. The summed E-state index contributed by atoms with van der Waals surface area (Å²) in [5, 5.41) is 6.09. The Morgan fingerprint density at radius 3 is 2.74 bits per heavy atom. The SMILES string of the molecule is O=C(COc1ccc(Cl)c(F)c1)NC12CC(C1)C(NC(=O)c1ccc3c(c1)OCO3)C2. The van der Waals surface area contributed by atoms with Crippen LogP contribution in [-0.2, 0) is 4.79 Å². The van der Waals surface area contributed by atoms with E-state index < -0.39 is 5.82 Å². The van der Waals surface area contributed by atoms with Crippen molar-refractivity contribution < 1.29 is 28.2 Å². The van der Waals surface area contributed by atoms with Crippen LogP contribution in [0.15, 0.2) is 36.4 Å². The highest BCUT2D eigenvalue weighted by atomic mass is 35.5. The lowest BCUT2D eigenvalue weighted by atomic mass is 9.76. The molecule has 4 aliphatic rings. The Morgan fingerprint density at radius 1 is 1.13 bits per heavy atom. The van der Waals surface area contributed by atoms with Gasteiger partial charge in [-0.15, -0.1) is 0 Å². The van der Waals surface area contributed by atoms with Crippen LogP contribution < -0.4 is 24.8 Å². The Kier molecular flexibility index (Phi) is 4.89. The number of carbonyl (C=O) groups excluding carboxylic acids is 2. The van der Waals surface area contributed by atoms with Crippen molar-refractivity contribution in [2.24, 2.45) is 5.92 Å². The van der Waals surface area contributed by atoms with Gasteiger partial charge < -0.3 is 24.8 Å². The first kappa shape index (κ1) is 19.9. The van der Waals surface area contributed by atoms with E-state index in [1.165, 1.54) is 12.1 Å². The van der Waals surface area contributed by atoms with E-state index >= 15 is 0 Å². The molecule has 3 fully saturated rings. The molecule has 6 rings (SSSR count). The number of rotatable bonds is 6. The van der Waals surface area contributed by atoms with Gasteiger partial charge in [-0.3, -0.25) is 9.59 Å². The van der Waals surface area contributed by atoms with Crippen LogP contribution in [0, 0.1) is 11.7 Å². The van der Waals surface area contributed by atoms with E-state index in [9.17, 15) is 14.0 Å². The van der Waals surface area contributed by atoms with Gasteiger partial charge in [0.15, 0.2) is 18.1 Å². The minimum absolute atomic E-state index is 0.00371. The molecule has 3 aliphatic carbocycles. The van der Waals surface area contributed by atoms with Crippen LogP contribution in [0.25, 0.3) is 0 Å². The molecule has 31 heavy (non-hydrogen) atoms. The summed E-state index contributed by atoms with van der Waals surface area (Å²) in [6, 6.07) is 9.12. The summed E-state index contributed by atoms with van der Waals surface area (Å²) in [5.74, 6) is 0.697. The van der Waals surface area contributed by atoms with Gasteiger partial charge in [-0.05, 0) is 55.5 Å². The van der Waals surface area contributed by atoms with Crippen molar-refractivity contribution in [3.05, 3.63) is 52.8 Å². The van der Waals surface area contributed by atoms with E-state index in [1.807, 2.05) is 0 Å². The van der Waals surface area contributed by atoms with Crippen molar-refractivity contribution in [3.63, 3.8) is 0 Å². The maximum absolute atomic E-state index is 13.5. The minimum Gasteiger partial charge on any atom is -0.484 e. The molecule has 0 saturated heterocycles. The molecule has 162 valence electrons. The van der Waals surface area contributed by atoms with Gasteiger partial charge in [0.05, 0.1) is 5.02 Å². The Hall–Kier alpha value is -3.00. The Morgan fingerprint density at radius 2 is 1.94 bits per heavy atom. The molecule has 2 N–H and O–H groups in total. The summed E-state index contributed by atoms with van der Waals surface area (Å²) in [4.78, 5) is 25.0. The highest BCUT2D eigenvalue weighted by molar-refractivity contribution is 6.30. The number of nitrogens with one attached hydrogen (secondary N) is 2. The van der Waals surface area contributed by atoms with Gasteiger partial charge in [-0.2, -0.15) is 0 Å². The van der Waals surface area contributed by atoms with Gasteiger partial charge in [0.2, 0.25) is 6.79 Å². The predicted molar refractivity (Wildman–Crippen MR) is 109 cm³/mol. The molecule has 1 atom stereocenters. The number of halogens is 2. The third-order valence-electron chi connectivity index (χ3n) is 6.10. The lowest BCUT2D eigenvalue weighted by Gasteiger charge is -2.39. The summed E-state index contributed by atoms with van der Waals surface area (Å²) in [6.07, 6.45) is 2.27. The molecule has 0 radical (unpaired) electrons. The highest BCUT2D eigenvalue weighted by Gasteiger charge is 2.57. The van der Waals surface area contributed by atoms with Crippen molar-refractivity contribution in [1.29, 1.82) is 0 Å². The van der Waals surface area contributed by atoms with E-state index in [2.05, 4.69) is 10.6 Å². The smallest absolute Gasteiger partial charge is 0.258 e. The van der Waals surface area contributed by atoms with Gasteiger partial charge in [-0.25, -0.2) is 4.39 Å². The maximum atomic E-state index is 13.5. The second-order valence-electron chi connectivity index (χ2n) is 8.21. The Labute approximate surface area is 182 Å². The second-order valence-corrected chi connectivity index (χ2v) is 8.62. The predicted octanol–water partition coefficient (Wildman–Crippen LogP) is 3.05. The zero-order valence-corrected chi connectivity index (χ0v) is 17.2. The first-order valence-corrected chi connectivity index (χ1v) is 10.4. The number of hydrogen-bond donors (Lipinski definition) is 2. The van der Waals surface area contributed by atoms with Crippen LogP contribution in [0.2, 0.25) is 5.02 Å². The summed E-state index contributed by atoms with van der Waals surface area (Å²) in [6.45, 7) is -0.0638. The van der Waals surface area contributed by atoms with Crippen LogP contribution in [0.1, 0.15) is 29.6 Å². The number of amides is 2. The molecule has 2 bridgehead atoms. The summed E-state index contributed by atoms with van der Waals surface area (Å²) in [5.41, 5.74) is 0.179. The van der Waals surface area contributed by atoms with Crippen LogP contribution in [0.4, 0.5) is 4.39 Å². The zero-order chi connectivity index (χ0) is 21.6. The van der Waals surface area contributed by atoms with E-state index in [0.717, 1.165) is 18.9 Å². The highest BCUT2D eigenvalue weighted by Crippen LogP contribution is 2.52. The van der Waals surface area contributed by atoms with Gasteiger partial charge >= 0.3 is 0 Å². The molecule has 0 aromatic heterocycles. The van der Waals surface area contributed by atoms with Crippen LogP contribution >= 0.6 is 11.6 Å². The molecule has 2 aromatic rings. The standard InChI is InChI=1S/C22H20ClFN2O5/c23-15-3-2-14(6-16(15)24)29-10-20(27)26-22-7-13(8-22)17(9-22)25-21(28)12-1-4-18-19(5-12)31-11-30-18/h1-6,13,17H,7-11H2,(H,25,28)(H,26,27). The lowest BCUT2D eigenvalue weighted by molar-refractivity contribution is -0.125. The average molecular weight is 447 g/mol. The third kappa shape index (κ3) is 3.87. The fourth-order valence-corrected chi connectivity index (χ4v) is 4.76. The summed E-state index contributed by atoms with van der Waals surface area (Å²) in [7, 11) is 0. The Balaban J connectivity index is 1.13. The molecule has 1 aliphatic heterocycles. The molecule has 1 heterocycles. The molecular formula is C22H20ClFN2O5. The second kappa shape index (κ2) is 7.60. The Bertz CT molecular complexity index is 1060. The molecule has 0 spiro atoms. The lowest BCUT2D eigenvalue weighted by Crippen LogP contribution is -2.53. The number of fused-ring (bicyclic) bond motifs is 2. The molecule has 7 nitrogen and oxygen atoms in total. The quantitative estimate of drug-likeness (QED) is 0.712. The topological polar surface area (TPSA) is 85.9 Å². The minimum atomic E-state index is -0.600. The van der Waals surface area contributed by atoms with Crippen LogP contribution in [0.3, 0.4) is 0 Å². The molecule has 2 aromatic carbocycles. The van der Waals surface area contributed by atoms with Crippen molar-refractivity contribution in [3.8, 4) is 17.2 Å². The monoisotopic (exact) mass is 446 g/mol. The van der Waals surface area contributed by atoms with E-state index in [0.29, 0.717) is 29.4 Å². The van der Waals surface area contributed by atoms with Gasteiger partial charge in [0.25, 0.3) is 11.8 Å². The van der Waals surface area contributed by atoms with Gasteiger partial charge in [0.1, 0.15) is 11.6 Å². The molecule has 3 saturated carbocycles. The summed E-state index contributed by atoms with van der Waals surface area (Å²) >= 11 is 5.64. The molecule has 1 unspecified atom stereocenters. The fourth-order valence-electron chi connectivity index (χ4n) is 4.64. The third-order valence-corrected chi connectivity index (χ3v) is 6.41. The number of ether oxygens (including phenoxy) is 3. The summed E-state index contributed by atoms with van der Waals surface area (Å²) < 4.78 is 29.4. The van der Waals surface area contributed by atoms with E-state index in [-0.39, 0.29) is 47.6 Å². The number of carbonyl (C=O) groups is 2. The fraction of sp³-hybridized carbons (Fsp3) is 0.364. The van der Waals surface area contributed by atoms with Crippen molar-refractivity contribution in [1.82, 2.24) is 10.6 Å². The molecule has 9 heteroatoms. The van der Waals surface area contributed by atoms with E-state index in [4.69, 9.17) is 25.8 Å². The average Bonchev–Trinajstić information content (AvgIpc) is 3.40. The van der Waals surface area contributed by atoms with Gasteiger partial charge in [0, 0.05) is 23.2 Å². The molecular weight excluding hydrogens is 427 g/mol. The van der Waals surface area contributed by atoms with Crippen molar-refractivity contribution >= 4 is 23.4 Å². The first-order valence-electron chi connectivity index (χ1n) is 10.0. The van der Waals surface area contributed by atoms with Crippen LogP contribution in [0.5, 0.6) is 17.2 Å². The largest absolute Gasteiger partial charge is 0.484 e. The maximum Gasteiger partial charge on any atom is 0.258 e. The van der Waals surface area contributed by atoms with Crippen molar-refractivity contribution in [2.45, 2.75) is 30.8 Å². The zero-order valence-electron chi connectivity index (χ0n) is 16.5. The molecule has 2 amide bonds. The van der Waals surface area contributed by atoms with Crippen molar-refractivity contribution in [2.75, 3.05) is 13.4 Å². The number of benzene rings is 2. The van der Waals surface area contributed by atoms with E-state index in [1.54, 1.807) is 18.2 Å². The first-order chi connectivity index (χ1) is 14.9. The van der Waals surface area contributed by atoms with Gasteiger partial charge in [-0.1, -0.05) is 11.6 Å².